The number of hydrogen-bond donors (Lipinski definition) is 5. The molecule has 6 saturated heterocycles. The lowest BCUT2D eigenvalue weighted by molar-refractivity contribution is -0.0460. The highest BCUT2D eigenvalue weighted by Gasteiger charge is 2.49. The van der Waals surface area contributed by atoms with Gasteiger partial charge in [-0.25, -0.2) is 47.1 Å². The average molecular weight is 1390 g/mol. The molecule has 0 spiro atoms. The fourth-order valence-corrected chi connectivity index (χ4v) is 16.2. The minimum atomic E-state index is -4.71. The molecule has 0 aromatic heterocycles. The Balaban J connectivity index is 0.000000332. The second-order valence-electron chi connectivity index (χ2n) is 21.0. The highest BCUT2D eigenvalue weighted by Crippen LogP contribution is 2.57. The van der Waals surface area contributed by atoms with Gasteiger partial charge in [-0.2, -0.15) is 0 Å². The fourth-order valence-electron chi connectivity index (χ4n) is 9.79. The van der Waals surface area contributed by atoms with Gasteiger partial charge in [-0.05, 0) is 41.5 Å². The molecule has 6 heterocycles. The van der Waals surface area contributed by atoms with Crippen LogP contribution in [0.25, 0.3) is 14.5 Å². The van der Waals surface area contributed by atoms with Crippen molar-refractivity contribution in [3.63, 3.8) is 0 Å². The predicted molar refractivity (Wildman–Crippen MR) is 300 cm³/mol. The lowest BCUT2D eigenvalue weighted by Gasteiger charge is -2.27. The monoisotopic (exact) mass is 1390 g/mol. The highest BCUT2D eigenvalue weighted by atomic mass is 31.2. The van der Waals surface area contributed by atoms with E-state index in [1.807, 2.05) is 0 Å². The number of ether oxygens (including phenoxy) is 6. The maximum atomic E-state index is 14.0. The van der Waals surface area contributed by atoms with Crippen molar-refractivity contribution in [1.29, 1.82) is 0 Å². The average Bonchev–Trinajstić information content (AvgIpc) is 4.32. The van der Waals surface area contributed by atoms with Crippen LogP contribution < -0.4 is 0 Å². The summed E-state index contributed by atoms with van der Waals surface area (Å²) in [6, 6.07) is 0. The zero-order valence-corrected chi connectivity index (χ0v) is 55.3. The maximum absolute atomic E-state index is 14.0. The van der Waals surface area contributed by atoms with Crippen LogP contribution in [-0.2, 0) is 124 Å². The molecule has 24 atom stereocenters. The van der Waals surface area contributed by atoms with Crippen LogP contribution in [0, 0.1) is 19.7 Å². The summed E-state index contributed by atoms with van der Waals surface area (Å²) >= 11 is 0. The van der Waals surface area contributed by atoms with E-state index in [0.717, 1.165) is 14.2 Å². The van der Waals surface area contributed by atoms with E-state index >= 15 is 0 Å². The second-order valence-corrected chi connectivity index (χ2v) is 30.3. The zero-order valence-electron chi connectivity index (χ0n) is 49.9. The smallest absolute Gasteiger partial charge is 0.394 e. The van der Waals surface area contributed by atoms with Gasteiger partial charge in [0.1, 0.15) is 93.1 Å². The van der Waals surface area contributed by atoms with E-state index in [9.17, 15) is 52.3 Å². The Bertz CT molecular complexity index is 2600. The summed E-state index contributed by atoms with van der Waals surface area (Å²) in [5, 5.41) is 19.1. The summed E-state index contributed by atoms with van der Waals surface area (Å²) in [4.78, 5) is 39.6. The molecule has 0 saturated carbocycles. The van der Waals surface area contributed by atoms with Crippen LogP contribution in [0.2, 0.25) is 0 Å². The first-order valence-corrected chi connectivity index (χ1v) is 36.9. The summed E-state index contributed by atoms with van der Waals surface area (Å²) in [7, 11) is -24.4. The number of aliphatic hydroxyl groups excluding tert-OH is 2. The molecule has 0 aromatic rings. The van der Waals surface area contributed by atoms with Crippen LogP contribution in [0.5, 0.6) is 0 Å². The first-order valence-electron chi connectivity index (χ1n) is 28.1. The molecule has 88 heavy (non-hydrogen) atoms. The molecule has 0 aliphatic carbocycles. The van der Waals surface area contributed by atoms with Crippen LogP contribution in [0.4, 0.5) is 0 Å². The third kappa shape index (κ3) is 25.5. The largest absolute Gasteiger partial charge is 0.475 e. The van der Waals surface area contributed by atoms with Gasteiger partial charge in [-0.3, -0.25) is 67.9 Å². The molecule has 0 bridgehead atoms. The van der Waals surface area contributed by atoms with Crippen molar-refractivity contribution in [3.8, 4) is 0 Å². The minimum Gasteiger partial charge on any atom is -0.394 e. The molecule has 0 amide bonds. The Morgan fingerprint density at radius 1 is 0.364 bits per heavy atom. The summed E-state index contributed by atoms with van der Waals surface area (Å²) in [5.74, 6) is 0. The minimum absolute atomic E-state index is 0.0580. The Morgan fingerprint density at radius 2 is 0.614 bits per heavy atom. The van der Waals surface area contributed by atoms with E-state index in [1.54, 1.807) is 41.5 Å². The van der Waals surface area contributed by atoms with E-state index in [-0.39, 0.29) is 103 Å². The Kier molecular flexibility index (Phi) is 31.8. The highest BCUT2D eigenvalue weighted by molar-refractivity contribution is 7.49. The van der Waals surface area contributed by atoms with Crippen molar-refractivity contribution >= 4 is 46.9 Å². The quantitative estimate of drug-likeness (QED) is 0.0265. The molecule has 6 rings (SSSR count). The van der Waals surface area contributed by atoms with E-state index in [2.05, 4.69) is 19.1 Å². The van der Waals surface area contributed by atoms with Crippen molar-refractivity contribution in [1.82, 2.24) is 0 Å². The predicted octanol–water partition coefficient (Wildman–Crippen LogP) is 6.13. The van der Waals surface area contributed by atoms with Crippen molar-refractivity contribution in [3.05, 3.63) is 34.3 Å². The van der Waals surface area contributed by atoms with Gasteiger partial charge in [0.25, 0.3) is 0 Å². The van der Waals surface area contributed by atoms with Crippen LogP contribution in [0.1, 0.15) is 80.1 Å². The van der Waals surface area contributed by atoms with Gasteiger partial charge in [0.05, 0.1) is 76.3 Å². The van der Waals surface area contributed by atoms with E-state index in [1.165, 1.54) is 0 Å². The van der Waals surface area contributed by atoms with Crippen molar-refractivity contribution in [2.75, 3.05) is 93.3 Å². The summed E-state index contributed by atoms with van der Waals surface area (Å²) < 4.78 is 191. The van der Waals surface area contributed by atoms with E-state index in [0.29, 0.717) is 6.42 Å². The summed E-state index contributed by atoms with van der Waals surface area (Å²) in [5.41, 5.74) is 0. The first kappa shape index (κ1) is 77.5. The Morgan fingerprint density at radius 3 is 0.909 bits per heavy atom. The van der Waals surface area contributed by atoms with Gasteiger partial charge >= 0.3 is 46.9 Å². The van der Waals surface area contributed by atoms with Crippen molar-refractivity contribution < 1.29 is 149 Å². The topological polar surface area (TPSA) is 410 Å². The molecule has 508 valence electrons. The van der Waals surface area contributed by atoms with Gasteiger partial charge in [0.2, 0.25) is 19.6 Å². The molecule has 24 unspecified atom stereocenters. The van der Waals surface area contributed by atoms with Crippen LogP contribution in [0.3, 0.4) is 0 Å². The zero-order chi connectivity index (χ0) is 65.1. The number of rotatable bonds is 37. The Hall–Kier alpha value is -1.19. The van der Waals surface area contributed by atoms with Gasteiger partial charge in [-0.1, -0.05) is 0 Å². The van der Waals surface area contributed by atoms with E-state index in [4.69, 9.17) is 111 Å². The van der Waals surface area contributed by atoms with Gasteiger partial charge in [-0.15, -0.1) is 0 Å². The lowest BCUT2D eigenvalue weighted by atomic mass is 10.1. The fraction of sp³-hybridized carbons (Fsp3) is 0.936. The molecule has 5 N–H and O–H groups in total. The Labute approximate surface area is 511 Å². The molecule has 41 heteroatoms. The molecule has 0 radical (unpaired) electrons. The summed E-state index contributed by atoms with van der Waals surface area (Å²) in [6.45, 7) is 27.6. The normalized spacial score (nSPS) is 36.3. The second kappa shape index (κ2) is 36.1. The molecule has 35 nitrogen and oxygen atoms in total. The number of phosphoric ester groups is 6. The third-order valence-corrected chi connectivity index (χ3v) is 21.2. The maximum Gasteiger partial charge on any atom is 0.475 e. The first-order chi connectivity index (χ1) is 41.4. The van der Waals surface area contributed by atoms with Crippen LogP contribution in [-0.4, -0.2) is 228 Å². The summed E-state index contributed by atoms with van der Waals surface area (Å²) in [6.07, 6.45) is -11.7. The molecule has 6 aliphatic heterocycles. The SMILES string of the molecule is COP(=O)(O)OC1CC(C)OC1COP(=O)(O)OC1CC(C)OC1COP(=O)(O)OC1CC(C)OC1CO.[C-]#[N+]CCOP(=O)(OC)OC1CC(C)OC1COP(=O)(OCC[N+]#[C-])OC1CC(C)OC1COP(=O)(OCC[N+]#[C-])OC1CC(C)OC1CO. The number of phosphoric acid groups is 6. The van der Waals surface area contributed by atoms with Crippen molar-refractivity contribution in [2.24, 2.45) is 0 Å². The van der Waals surface area contributed by atoms with Crippen LogP contribution in [0.15, 0.2) is 0 Å². The third-order valence-electron chi connectivity index (χ3n) is 13.7. The lowest BCUT2D eigenvalue weighted by Crippen LogP contribution is -2.32. The van der Waals surface area contributed by atoms with Crippen molar-refractivity contribution in [2.45, 2.75) is 190 Å². The number of hydrogen-bond acceptors (Lipinski definition) is 29. The molecular weight excluding hydrogens is 1300 g/mol. The molecular formula is C47H83N3O32P6. The number of aliphatic hydroxyl groups is 2. The molecule has 6 fully saturated rings. The van der Waals surface area contributed by atoms with Crippen LogP contribution >= 0.6 is 46.9 Å². The van der Waals surface area contributed by atoms with E-state index < -0.39 is 165 Å². The molecule has 0 aromatic carbocycles. The van der Waals surface area contributed by atoms with Gasteiger partial charge in [0, 0.05) is 52.7 Å². The molecule has 6 aliphatic rings. The standard InChI is InChI=1S/C28H46N3O16P3.C19H37O16P3/c1-20-14-23(26(17-32)42-20)46-49(34,38-12-9-30-5)40-19-28-25(16-22(3)44-28)47-50(35,39-13-10-31-6)41-18-27-24(15-21(2)43-27)45-48(33,36-7)37-11-8-29-4;1-11-5-14(17(8-20)30-11)34-37(23,24)28-10-19-16(7-13(3)32-19)35-38(25,26)29-9-18-15(6-12(2)31-18)33-36(21,22)27-4/h20-28,32H,8-19H2,1-3,7H3;11-20H,5-10H2,1-4H3,(H,21,22)(H,23,24)(H,25,26). The number of nitrogens with zero attached hydrogens (tertiary/aromatic N) is 3. The van der Waals surface area contributed by atoms with Gasteiger partial charge < -0.3 is 67.8 Å². The van der Waals surface area contributed by atoms with Gasteiger partial charge in [0.15, 0.2) is 0 Å².